The van der Waals surface area contributed by atoms with Gasteiger partial charge in [0.2, 0.25) is 0 Å². The van der Waals surface area contributed by atoms with Gasteiger partial charge in [-0.2, -0.15) is 0 Å². The Morgan fingerprint density at radius 2 is 1.75 bits per heavy atom. The van der Waals surface area contributed by atoms with Crippen LogP contribution in [0.3, 0.4) is 0 Å². The number of carbonyl (C=O) groups is 2. The Balaban J connectivity index is 1.79. The van der Waals surface area contributed by atoms with Gasteiger partial charge in [-0.3, -0.25) is 0 Å². The second-order valence-electron chi connectivity index (χ2n) is 16.2. The first-order valence-electron chi connectivity index (χ1n) is 20.8. The van der Waals surface area contributed by atoms with Crippen LogP contribution in [0.4, 0.5) is 0 Å². The van der Waals surface area contributed by atoms with E-state index in [1.807, 2.05) is 70.2 Å². The molecule has 61 heavy (non-hydrogen) atoms. The average molecular weight is 963 g/mol. The van der Waals surface area contributed by atoms with E-state index >= 15 is 0 Å². The number of nitrogens with zero attached hydrogens (tertiary/aromatic N) is 3. The van der Waals surface area contributed by atoms with Crippen molar-refractivity contribution in [2.45, 2.75) is 101 Å². The van der Waals surface area contributed by atoms with Crippen molar-refractivity contribution in [2.75, 3.05) is 33.7 Å². The van der Waals surface area contributed by atoms with Gasteiger partial charge in [0.25, 0.3) is 0 Å². The fourth-order valence-corrected chi connectivity index (χ4v) is 10.4. The Hall–Kier alpha value is -3.39. The van der Waals surface area contributed by atoms with E-state index in [1.54, 1.807) is 30.3 Å². The molecule has 4 unspecified atom stereocenters. The number of ether oxygens (including phenoxy) is 7. The molecule has 0 aromatic heterocycles. The van der Waals surface area contributed by atoms with Gasteiger partial charge in [-0.25, -0.2) is 0 Å². The van der Waals surface area contributed by atoms with E-state index in [2.05, 4.69) is 41.8 Å². The number of rotatable bonds is 26. The van der Waals surface area contributed by atoms with Gasteiger partial charge >= 0.3 is 368 Å². The van der Waals surface area contributed by atoms with Crippen LogP contribution in [0.1, 0.15) is 71.6 Å². The molecule has 0 spiro atoms. The monoisotopic (exact) mass is 963 g/mol. The Bertz CT molecular complexity index is 1940. The average Bonchev–Trinajstić information content (AvgIpc) is 3.56. The van der Waals surface area contributed by atoms with Gasteiger partial charge in [-0.15, -0.1) is 0 Å². The molecule has 1 fully saturated rings. The molecule has 3 aromatic carbocycles. The normalized spacial score (nSPS) is 18.5. The number of esters is 2. The van der Waals surface area contributed by atoms with E-state index < -0.39 is 44.1 Å². The molecule has 3 aromatic rings. The molecule has 17 heteroatoms. The number of azide groups is 1. The third-order valence-corrected chi connectivity index (χ3v) is 14.8. The number of hydrogen-bond acceptors (Lipinski definition) is 12. The second-order valence-corrected chi connectivity index (χ2v) is 25.3. The molecule has 332 valence electrons. The molecule has 1 aliphatic heterocycles. The summed E-state index contributed by atoms with van der Waals surface area (Å²) < 4.78 is 57.3. The van der Waals surface area contributed by atoms with E-state index in [1.165, 1.54) is 7.11 Å². The van der Waals surface area contributed by atoms with Crippen LogP contribution < -0.4 is 13.9 Å². The van der Waals surface area contributed by atoms with E-state index in [-0.39, 0.29) is 78.0 Å². The van der Waals surface area contributed by atoms with E-state index in [0.29, 0.717) is 29.7 Å². The summed E-state index contributed by atoms with van der Waals surface area (Å²) in [4.78, 5) is 30.5. The molecular formula is C44H60N3O10PSSeSi. The zero-order valence-corrected chi connectivity index (χ0v) is 40.8. The van der Waals surface area contributed by atoms with Crippen molar-refractivity contribution in [3.8, 4) is 11.5 Å². The summed E-state index contributed by atoms with van der Waals surface area (Å²) in [5.41, 5.74) is 10.2. The summed E-state index contributed by atoms with van der Waals surface area (Å²) in [6.07, 6.45) is 2.48. The number of benzene rings is 3. The zero-order valence-electron chi connectivity index (χ0n) is 37.2. The molecule has 0 amide bonds. The van der Waals surface area contributed by atoms with Crippen molar-refractivity contribution in [2.24, 2.45) is 11.0 Å². The first kappa shape index (κ1) is 48.6. The van der Waals surface area contributed by atoms with Crippen LogP contribution >= 0.6 is 20.0 Å². The summed E-state index contributed by atoms with van der Waals surface area (Å²) in [6, 6.07) is 23.2. The first-order valence-corrected chi connectivity index (χ1v) is 27.8. The first-order chi connectivity index (χ1) is 29.6. The van der Waals surface area contributed by atoms with Crippen molar-refractivity contribution in [3.05, 3.63) is 112 Å². The molecule has 0 radical (unpaired) electrons. The van der Waals surface area contributed by atoms with E-state index in [0.717, 1.165) is 22.2 Å². The maximum absolute atomic E-state index is 14.3. The molecule has 0 bridgehead atoms. The fourth-order valence-electron chi connectivity index (χ4n) is 6.38. The third kappa shape index (κ3) is 16.7. The Morgan fingerprint density at radius 3 is 2.43 bits per heavy atom. The van der Waals surface area contributed by atoms with Gasteiger partial charge in [-0.1, -0.05) is 0 Å². The maximum atomic E-state index is 14.3. The van der Waals surface area contributed by atoms with Crippen LogP contribution in [0.25, 0.3) is 10.4 Å². The second kappa shape index (κ2) is 25.0. The molecule has 1 saturated heterocycles. The van der Waals surface area contributed by atoms with Crippen molar-refractivity contribution < 1.29 is 46.9 Å². The predicted octanol–water partition coefficient (Wildman–Crippen LogP) is 9.49. The van der Waals surface area contributed by atoms with Crippen LogP contribution in [-0.2, 0) is 27.9 Å². The zero-order chi connectivity index (χ0) is 45.1. The molecule has 1 heterocycles. The topological polar surface area (TPSA) is 157 Å². The van der Waals surface area contributed by atoms with E-state index in [4.69, 9.17) is 44.2 Å². The van der Waals surface area contributed by atoms with Gasteiger partial charge in [0, 0.05) is 0 Å². The molecule has 7 atom stereocenters. The molecule has 1 aliphatic rings. The number of hydrogen-bond donors (Lipinski definition) is 0. The molecule has 13 nitrogen and oxygen atoms in total. The summed E-state index contributed by atoms with van der Waals surface area (Å²) in [5, 5.41) is 3.62. The van der Waals surface area contributed by atoms with E-state index in [9.17, 15) is 9.59 Å². The van der Waals surface area contributed by atoms with Gasteiger partial charge in [0.05, 0.1) is 1.28 Å². The van der Waals surface area contributed by atoms with Crippen LogP contribution in [0, 0.1) is 5.92 Å². The molecular weight excluding hydrogens is 901 g/mol. The fraction of sp³-hybridized carbons (Fsp3) is 0.500. The van der Waals surface area contributed by atoms with Crippen LogP contribution in [0.15, 0.2) is 90.1 Å². The van der Waals surface area contributed by atoms with Gasteiger partial charge < -0.3 is 0 Å². The van der Waals surface area contributed by atoms with Gasteiger partial charge in [0.15, 0.2) is 0 Å². The minimum absolute atomic E-state index is 0.0804. The Morgan fingerprint density at radius 1 is 1.03 bits per heavy atom. The van der Waals surface area contributed by atoms with Crippen molar-refractivity contribution >= 4 is 59.5 Å². The molecule has 0 saturated carbocycles. The summed E-state index contributed by atoms with van der Waals surface area (Å²) in [7, 11) is -0.196. The molecule has 4 rings (SSSR count). The standard InChI is InChI=1S/C44H60N3O10PSSeSi/c1-30(31(2)57-59-58)19-20-36(54-42(48)32-15-11-9-12-16-32)41-37(55-44(3,4)56-41)21-22-39(60-34-17-13-10-14-18-34)35-27-33(51-24-23-46-47-45)28-38(53-29-50-5)40(35)43(49)52-25-26-61(6,7)8/h9-20,27-28,30-31,36-37,39,41H,21-26,29,58H2,1-8H3/b20-19-/t30-,31+,36?,37+,39?,41?/m1/s1/i58T/t30-,31+,36?,37+,39?,41?,58?. The summed E-state index contributed by atoms with van der Waals surface area (Å²) >= 11 is 0.857. The SMILES string of the molecule is [3H]PSO[C@@H](C)[C@H](C)/C=C\C(OC(=O)c1ccccc1)C1OC(C)(C)O[C@H]1CCC([Se]c1ccccc1)c1cc(OCCN=[N+]=[N-])cc(OCOC)c1C(=O)OCC[Si](C)(C)C. The van der Waals surface area contributed by atoms with Crippen LogP contribution in [0.5, 0.6) is 11.5 Å². The summed E-state index contributed by atoms with van der Waals surface area (Å²) in [6.45, 7) is 14.6. The minimum atomic E-state index is -1.54. The van der Waals surface area contributed by atoms with Crippen molar-refractivity contribution in [3.63, 3.8) is 0 Å². The Labute approximate surface area is 375 Å². The van der Waals surface area contributed by atoms with Crippen LogP contribution in [0.2, 0.25) is 25.7 Å². The van der Waals surface area contributed by atoms with Gasteiger partial charge in [-0.05, 0) is 8.39 Å². The molecule has 0 N–H and O–H groups in total. The number of methoxy groups -OCH3 is 1. The number of carbonyl (C=O) groups excluding carboxylic acids is 2. The van der Waals surface area contributed by atoms with Crippen LogP contribution in [-0.4, -0.2) is 100 Å². The quantitative estimate of drug-likeness (QED) is 0.00722. The molecule has 0 aliphatic carbocycles. The van der Waals surface area contributed by atoms with Gasteiger partial charge in [0.1, 0.15) is 0 Å². The third-order valence-electron chi connectivity index (χ3n) is 9.68. The summed E-state index contributed by atoms with van der Waals surface area (Å²) in [5.74, 6) is -1.42. The Kier molecular flexibility index (Phi) is 20.0. The predicted molar refractivity (Wildman–Crippen MR) is 246 cm³/mol. The van der Waals surface area contributed by atoms with Crippen molar-refractivity contribution in [1.29, 1.82) is 1.28 Å². The van der Waals surface area contributed by atoms with Crippen molar-refractivity contribution in [1.82, 2.24) is 0 Å².